The lowest BCUT2D eigenvalue weighted by atomic mass is 10.0. The number of nitrogens with zero attached hydrogens (tertiary/aromatic N) is 3. The number of nitrogens with one attached hydrogen (secondary N) is 2. The van der Waals surface area contributed by atoms with E-state index in [0.29, 0.717) is 28.2 Å². The molecule has 1 saturated heterocycles. The van der Waals surface area contributed by atoms with E-state index in [-0.39, 0.29) is 0 Å². The number of piperidine rings is 1. The normalized spacial score (nSPS) is 16.9. The predicted molar refractivity (Wildman–Crippen MR) is 103 cm³/mol. The van der Waals surface area contributed by atoms with Crippen LogP contribution in [-0.4, -0.2) is 43.5 Å². The van der Waals surface area contributed by atoms with Gasteiger partial charge in [0.25, 0.3) is 0 Å². The number of carbonyl (C=O) groups excluding carboxylic acids is 1. The van der Waals surface area contributed by atoms with Crippen LogP contribution in [-0.2, 0) is 0 Å². The Morgan fingerprint density at radius 2 is 2.12 bits per heavy atom. The number of rotatable bonds is 5. The molecule has 2 aromatic rings. The summed E-state index contributed by atoms with van der Waals surface area (Å²) in [6.45, 7) is 4.19. The molecule has 2 N–H and O–H groups in total. The van der Waals surface area contributed by atoms with Gasteiger partial charge in [-0.05, 0) is 30.9 Å². The fourth-order valence-corrected chi connectivity index (χ4v) is 3.69. The summed E-state index contributed by atoms with van der Waals surface area (Å²) >= 11 is 1.37. The van der Waals surface area contributed by atoms with Crippen LogP contribution < -0.4 is 25.0 Å². The van der Waals surface area contributed by atoms with Crippen LogP contribution in [0, 0.1) is 5.92 Å². The van der Waals surface area contributed by atoms with Crippen molar-refractivity contribution in [2.75, 3.05) is 42.8 Å². The maximum Gasteiger partial charge on any atom is 0.325 e. The van der Waals surface area contributed by atoms with Gasteiger partial charge in [0.1, 0.15) is 11.5 Å². The van der Waals surface area contributed by atoms with Gasteiger partial charge in [0.05, 0.1) is 19.9 Å². The first kappa shape index (κ1) is 18.2. The van der Waals surface area contributed by atoms with Gasteiger partial charge in [-0.3, -0.25) is 5.32 Å². The van der Waals surface area contributed by atoms with Gasteiger partial charge in [0.2, 0.25) is 10.3 Å². The minimum atomic E-state index is -0.411. The molecule has 0 spiro atoms. The Bertz CT molecular complexity index is 767. The molecule has 1 aliphatic rings. The second-order valence-electron chi connectivity index (χ2n) is 6.23. The van der Waals surface area contributed by atoms with Crippen molar-refractivity contribution >= 4 is 33.3 Å². The highest BCUT2D eigenvalue weighted by molar-refractivity contribution is 7.19. The van der Waals surface area contributed by atoms with E-state index < -0.39 is 6.03 Å². The van der Waals surface area contributed by atoms with Crippen molar-refractivity contribution in [3.63, 3.8) is 0 Å². The number of hydrogen-bond donors (Lipinski definition) is 2. The molecule has 1 fully saturated rings. The molecule has 2 heterocycles. The Hall–Kier alpha value is -2.55. The minimum Gasteiger partial charge on any atom is -0.497 e. The monoisotopic (exact) mass is 377 g/mol. The average Bonchev–Trinajstić information content (AvgIpc) is 3.10. The van der Waals surface area contributed by atoms with Crippen LogP contribution >= 0.6 is 11.3 Å². The molecule has 0 unspecified atom stereocenters. The largest absolute Gasteiger partial charge is 0.497 e. The Morgan fingerprint density at radius 3 is 2.85 bits per heavy atom. The van der Waals surface area contributed by atoms with Crippen LogP contribution in [0.1, 0.15) is 19.8 Å². The molecule has 26 heavy (non-hydrogen) atoms. The Kier molecular flexibility index (Phi) is 5.77. The third-order valence-electron chi connectivity index (χ3n) is 4.22. The van der Waals surface area contributed by atoms with Crippen molar-refractivity contribution in [1.82, 2.24) is 10.2 Å². The summed E-state index contributed by atoms with van der Waals surface area (Å²) in [7, 11) is 3.11. The van der Waals surface area contributed by atoms with E-state index in [9.17, 15) is 4.79 Å². The molecule has 1 aromatic carbocycles. The van der Waals surface area contributed by atoms with E-state index in [1.54, 1.807) is 32.4 Å². The van der Waals surface area contributed by atoms with E-state index in [1.807, 2.05) is 0 Å². The number of methoxy groups -OCH3 is 2. The fourth-order valence-electron chi connectivity index (χ4n) is 2.92. The van der Waals surface area contributed by atoms with Gasteiger partial charge in [-0.15, -0.1) is 10.2 Å². The average molecular weight is 377 g/mol. The lowest BCUT2D eigenvalue weighted by molar-refractivity contribution is 0.262. The van der Waals surface area contributed by atoms with Crippen molar-refractivity contribution in [2.24, 2.45) is 5.92 Å². The van der Waals surface area contributed by atoms with Gasteiger partial charge >= 0.3 is 6.03 Å². The Labute approximate surface area is 156 Å². The molecule has 140 valence electrons. The van der Waals surface area contributed by atoms with Crippen molar-refractivity contribution < 1.29 is 14.3 Å². The van der Waals surface area contributed by atoms with Crippen LogP contribution in [0.15, 0.2) is 18.2 Å². The second-order valence-corrected chi connectivity index (χ2v) is 7.18. The number of anilines is 3. The number of amides is 2. The minimum absolute atomic E-state index is 0.411. The first-order chi connectivity index (χ1) is 12.6. The van der Waals surface area contributed by atoms with Crippen LogP contribution in [0.25, 0.3) is 0 Å². The fraction of sp³-hybridized carbons (Fsp3) is 0.471. The zero-order valence-electron chi connectivity index (χ0n) is 15.1. The summed E-state index contributed by atoms with van der Waals surface area (Å²) in [5, 5.41) is 15.0. The zero-order chi connectivity index (χ0) is 18.5. The summed E-state index contributed by atoms with van der Waals surface area (Å²) in [4.78, 5) is 14.5. The molecule has 2 amide bonds. The summed E-state index contributed by atoms with van der Waals surface area (Å²) < 4.78 is 10.4. The number of benzene rings is 1. The highest BCUT2D eigenvalue weighted by Crippen LogP contribution is 2.30. The second kappa shape index (κ2) is 8.22. The molecular weight excluding hydrogens is 354 g/mol. The molecule has 0 saturated carbocycles. The highest BCUT2D eigenvalue weighted by atomic mass is 32.1. The molecule has 1 aliphatic heterocycles. The number of hydrogen-bond acceptors (Lipinski definition) is 7. The van der Waals surface area contributed by atoms with Crippen molar-refractivity contribution in [3.8, 4) is 11.5 Å². The van der Waals surface area contributed by atoms with Crippen LogP contribution in [0.4, 0.5) is 20.7 Å². The molecule has 0 radical (unpaired) electrons. The molecule has 1 atom stereocenters. The molecular formula is C17H23N5O3S. The van der Waals surface area contributed by atoms with Gasteiger partial charge in [-0.25, -0.2) is 4.79 Å². The van der Waals surface area contributed by atoms with Crippen molar-refractivity contribution in [2.45, 2.75) is 19.8 Å². The van der Waals surface area contributed by atoms with E-state index in [2.05, 4.69) is 32.7 Å². The van der Waals surface area contributed by atoms with Crippen molar-refractivity contribution in [1.29, 1.82) is 0 Å². The summed E-state index contributed by atoms with van der Waals surface area (Å²) in [6, 6.07) is 4.78. The lowest BCUT2D eigenvalue weighted by Crippen LogP contribution is -2.34. The van der Waals surface area contributed by atoms with Gasteiger partial charge in [0, 0.05) is 19.2 Å². The van der Waals surface area contributed by atoms with E-state index >= 15 is 0 Å². The molecule has 3 rings (SSSR count). The van der Waals surface area contributed by atoms with Crippen LogP contribution in [0.3, 0.4) is 0 Å². The number of aromatic nitrogens is 2. The van der Waals surface area contributed by atoms with Crippen molar-refractivity contribution in [3.05, 3.63) is 18.2 Å². The smallest absolute Gasteiger partial charge is 0.325 e. The van der Waals surface area contributed by atoms with E-state index in [1.165, 1.54) is 17.8 Å². The first-order valence-corrected chi connectivity index (χ1v) is 9.29. The summed E-state index contributed by atoms with van der Waals surface area (Å²) in [5.74, 6) is 1.81. The van der Waals surface area contributed by atoms with Gasteiger partial charge in [-0.1, -0.05) is 18.3 Å². The lowest BCUT2D eigenvalue weighted by Gasteiger charge is -2.29. The highest BCUT2D eigenvalue weighted by Gasteiger charge is 2.20. The maximum absolute atomic E-state index is 12.3. The Balaban J connectivity index is 1.64. The SMILES string of the molecule is COc1ccc(OC)c(NC(=O)Nc2nnc(N3CCC[C@H](C)C3)s2)c1. The predicted octanol–water partition coefficient (Wildman–Crippen LogP) is 3.44. The quantitative estimate of drug-likeness (QED) is 0.830. The summed E-state index contributed by atoms with van der Waals surface area (Å²) in [5.41, 5.74) is 0.513. The first-order valence-electron chi connectivity index (χ1n) is 8.47. The third-order valence-corrected chi connectivity index (χ3v) is 5.12. The van der Waals surface area contributed by atoms with E-state index in [4.69, 9.17) is 9.47 Å². The standard InChI is InChI=1S/C17H23N5O3S/c1-11-5-4-8-22(10-11)17-21-20-16(26-17)19-15(23)18-13-9-12(24-2)6-7-14(13)25-3/h6-7,9,11H,4-5,8,10H2,1-3H3,(H2,18,19,20,23)/t11-/m0/s1. The molecule has 8 nitrogen and oxygen atoms in total. The zero-order valence-corrected chi connectivity index (χ0v) is 15.9. The molecule has 9 heteroatoms. The molecule has 1 aromatic heterocycles. The van der Waals surface area contributed by atoms with Gasteiger partial charge in [-0.2, -0.15) is 0 Å². The molecule has 0 bridgehead atoms. The van der Waals surface area contributed by atoms with Crippen LogP contribution in [0.5, 0.6) is 11.5 Å². The number of ether oxygens (including phenoxy) is 2. The van der Waals surface area contributed by atoms with Gasteiger partial charge < -0.3 is 19.7 Å². The summed E-state index contributed by atoms with van der Waals surface area (Å²) in [6.07, 6.45) is 2.39. The number of carbonyl (C=O) groups is 1. The van der Waals surface area contributed by atoms with Crippen LogP contribution in [0.2, 0.25) is 0 Å². The van der Waals surface area contributed by atoms with Gasteiger partial charge in [0.15, 0.2) is 0 Å². The molecule has 0 aliphatic carbocycles. The Morgan fingerprint density at radius 1 is 1.27 bits per heavy atom. The van der Waals surface area contributed by atoms with E-state index in [0.717, 1.165) is 24.6 Å². The number of urea groups is 1. The third kappa shape index (κ3) is 4.34. The topological polar surface area (TPSA) is 88.6 Å². The maximum atomic E-state index is 12.3.